The van der Waals surface area contributed by atoms with Crippen LogP contribution in [0, 0.1) is 6.92 Å². The van der Waals surface area contributed by atoms with Crippen molar-refractivity contribution in [2.75, 3.05) is 7.11 Å². The molecule has 0 aliphatic rings. The predicted molar refractivity (Wildman–Crippen MR) is 59.9 cm³/mol. The van der Waals surface area contributed by atoms with Crippen LogP contribution in [0.3, 0.4) is 0 Å². The zero-order chi connectivity index (χ0) is 11.7. The zero-order valence-corrected chi connectivity index (χ0v) is 9.58. The second-order valence-corrected chi connectivity index (χ2v) is 3.69. The number of rotatable bonds is 2. The van der Waals surface area contributed by atoms with Gasteiger partial charge in [0, 0.05) is 12.5 Å². The highest BCUT2D eigenvalue weighted by molar-refractivity contribution is 6.32. The smallest absolute Gasteiger partial charge is 0.186 e. The molecule has 0 spiro atoms. The van der Waals surface area contributed by atoms with Gasteiger partial charge in [-0.1, -0.05) is 16.8 Å². The fourth-order valence-electron chi connectivity index (χ4n) is 1.37. The molecule has 1 N–H and O–H groups in total. The Hall–Kier alpha value is -1.68. The highest BCUT2D eigenvalue weighted by Gasteiger charge is 2.14. The number of hydrogen-bond donors (Lipinski definition) is 1. The minimum atomic E-state index is 0.0289. The first-order chi connectivity index (χ1) is 7.63. The van der Waals surface area contributed by atoms with E-state index >= 15 is 0 Å². The van der Waals surface area contributed by atoms with Crippen LogP contribution in [-0.2, 0) is 0 Å². The standard InChI is InChI=1S/C11H10ClNO3/c1-6-11(14)10(13-16-6)7-3-4-9(15-2)8(12)5-7/h3-5,14H,1-2H3. The number of ether oxygens (including phenoxy) is 1. The lowest BCUT2D eigenvalue weighted by Gasteiger charge is -2.03. The molecule has 0 unspecified atom stereocenters. The lowest BCUT2D eigenvalue weighted by Crippen LogP contribution is -1.85. The monoisotopic (exact) mass is 239 g/mol. The molecule has 0 saturated carbocycles. The van der Waals surface area contributed by atoms with Gasteiger partial charge in [0.05, 0.1) is 12.1 Å². The third-order valence-corrected chi connectivity index (χ3v) is 2.55. The molecule has 16 heavy (non-hydrogen) atoms. The fourth-order valence-corrected chi connectivity index (χ4v) is 1.63. The third kappa shape index (κ3) is 1.72. The van der Waals surface area contributed by atoms with Crippen LogP contribution in [-0.4, -0.2) is 17.4 Å². The Morgan fingerprint density at radius 3 is 2.69 bits per heavy atom. The molecule has 0 atom stereocenters. The van der Waals surface area contributed by atoms with Crippen molar-refractivity contribution in [3.8, 4) is 22.8 Å². The Labute approximate surface area is 97.4 Å². The third-order valence-electron chi connectivity index (χ3n) is 2.26. The molecule has 0 radical (unpaired) electrons. The van der Waals surface area contributed by atoms with Gasteiger partial charge in [-0.3, -0.25) is 0 Å². The van der Waals surface area contributed by atoms with Crippen LogP contribution in [0.4, 0.5) is 0 Å². The van der Waals surface area contributed by atoms with Crippen molar-refractivity contribution in [3.05, 3.63) is 29.0 Å². The summed E-state index contributed by atoms with van der Waals surface area (Å²) in [6.45, 7) is 1.64. The van der Waals surface area contributed by atoms with E-state index in [0.717, 1.165) is 0 Å². The average Bonchev–Trinajstić information content (AvgIpc) is 2.60. The molecule has 0 saturated heterocycles. The fraction of sp³-hybridized carbons (Fsp3) is 0.182. The van der Waals surface area contributed by atoms with Gasteiger partial charge < -0.3 is 14.4 Å². The predicted octanol–water partition coefficient (Wildman–Crippen LogP) is 3.02. The maximum Gasteiger partial charge on any atom is 0.186 e. The summed E-state index contributed by atoms with van der Waals surface area (Å²) in [5.41, 5.74) is 1.06. The SMILES string of the molecule is COc1ccc(-c2noc(C)c2O)cc1Cl. The molecule has 2 rings (SSSR count). The molecule has 0 aliphatic heterocycles. The van der Waals surface area contributed by atoms with Crippen molar-refractivity contribution in [2.45, 2.75) is 6.92 Å². The molecule has 0 bridgehead atoms. The summed E-state index contributed by atoms with van der Waals surface area (Å²) in [5, 5.41) is 13.9. The molecular weight excluding hydrogens is 230 g/mol. The first-order valence-corrected chi connectivity index (χ1v) is 5.00. The molecule has 0 fully saturated rings. The van der Waals surface area contributed by atoms with Gasteiger partial charge in [0.15, 0.2) is 17.2 Å². The maximum absolute atomic E-state index is 9.68. The normalized spacial score (nSPS) is 10.4. The summed E-state index contributed by atoms with van der Waals surface area (Å²) >= 11 is 5.97. The van der Waals surface area contributed by atoms with E-state index in [1.807, 2.05) is 0 Å². The summed E-state index contributed by atoms with van der Waals surface area (Å²) in [4.78, 5) is 0. The number of hydrogen-bond acceptors (Lipinski definition) is 4. The van der Waals surface area contributed by atoms with E-state index in [-0.39, 0.29) is 5.75 Å². The molecule has 0 amide bonds. The van der Waals surface area contributed by atoms with Crippen molar-refractivity contribution < 1.29 is 14.4 Å². The number of aryl methyl sites for hydroxylation is 1. The number of methoxy groups -OCH3 is 1. The highest BCUT2D eigenvalue weighted by atomic mass is 35.5. The first kappa shape index (κ1) is 10.8. The topological polar surface area (TPSA) is 55.5 Å². The molecule has 84 valence electrons. The molecule has 4 nitrogen and oxygen atoms in total. The number of halogens is 1. The molecule has 5 heteroatoms. The highest BCUT2D eigenvalue weighted by Crippen LogP contribution is 2.35. The van der Waals surface area contributed by atoms with Gasteiger partial charge in [-0.2, -0.15) is 0 Å². The van der Waals surface area contributed by atoms with Crippen LogP contribution < -0.4 is 4.74 Å². The second-order valence-electron chi connectivity index (χ2n) is 3.29. The van der Waals surface area contributed by atoms with Crippen molar-refractivity contribution >= 4 is 11.6 Å². The summed E-state index contributed by atoms with van der Waals surface area (Å²) in [7, 11) is 1.54. The Kier molecular flexibility index (Phi) is 2.75. The van der Waals surface area contributed by atoms with Crippen LogP contribution in [0.5, 0.6) is 11.5 Å². The molecule has 1 aromatic carbocycles. The second kappa shape index (κ2) is 4.06. The summed E-state index contributed by atoms with van der Waals surface area (Å²) in [5.74, 6) is 0.980. The Morgan fingerprint density at radius 1 is 1.44 bits per heavy atom. The maximum atomic E-state index is 9.68. The average molecular weight is 240 g/mol. The van der Waals surface area contributed by atoms with Crippen molar-refractivity contribution in [2.24, 2.45) is 0 Å². The number of benzene rings is 1. The Bertz CT molecular complexity index is 522. The number of nitrogens with zero attached hydrogens (tertiary/aromatic N) is 1. The number of aromatic nitrogens is 1. The van der Waals surface area contributed by atoms with Crippen LogP contribution in [0.2, 0.25) is 5.02 Å². The molecule has 2 aromatic rings. The van der Waals surface area contributed by atoms with E-state index in [1.165, 1.54) is 0 Å². The number of aromatic hydroxyl groups is 1. The lowest BCUT2D eigenvalue weighted by atomic mass is 10.1. The van der Waals surface area contributed by atoms with Gasteiger partial charge in [-0.25, -0.2) is 0 Å². The Morgan fingerprint density at radius 2 is 2.19 bits per heavy atom. The first-order valence-electron chi connectivity index (χ1n) is 4.62. The van der Waals surface area contributed by atoms with Gasteiger partial charge >= 0.3 is 0 Å². The minimum absolute atomic E-state index is 0.0289. The van der Waals surface area contributed by atoms with Crippen LogP contribution in [0.25, 0.3) is 11.3 Å². The van der Waals surface area contributed by atoms with E-state index in [1.54, 1.807) is 32.2 Å². The Balaban J connectivity index is 2.49. The van der Waals surface area contributed by atoms with Gasteiger partial charge in [0.2, 0.25) is 0 Å². The van der Waals surface area contributed by atoms with Crippen molar-refractivity contribution in [1.29, 1.82) is 0 Å². The van der Waals surface area contributed by atoms with E-state index in [4.69, 9.17) is 20.9 Å². The molecular formula is C11H10ClNO3. The van der Waals surface area contributed by atoms with Crippen molar-refractivity contribution in [3.63, 3.8) is 0 Å². The summed E-state index contributed by atoms with van der Waals surface area (Å²) in [6.07, 6.45) is 0. The van der Waals surface area contributed by atoms with Crippen LogP contribution in [0.15, 0.2) is 22.7 Å². The van der Waals surface area contributed by atoms with E-state index in [0.29, 0.717) is 27.8 Å². The minimum Gasteiger partial charge on any atom is -0.503 e. The van der Waals surface area contributed by atoms with Gasteiger partial charge in [0.25, 0.3) is 0 Å². The van der Waals surface area contributed by atoms with E-state index in [2.05, 4.69) is 5.16 Å². The zero-order valence-electron chi connectivity index (χ0n) is 8.82. The lowest BCUT2D eigenvalue weighted by molar-refractivity contribution is 0.384. The quantitative estimate of drug-likeness (QED) is 0.875. The van der Waals surface area contributed by atoms with Crippen LogP contribution in [0.1, 0.15) is 5.76 Å². The van der Waals surface area contributed by atoms with Gasteiger partial charge in [-0.15, -0.1) is 0 Å². The van der Waals surface area contributed by atoms with Gasteiger partial charge in [-0.05, 0) is 18.2 Å². The van der Waals surface area contributed by atoms with E-state index < -0.39 is 0 Å². The van der Waals surface area contributed by atoms with Crippen LogP contribution >= 0.6 is 11.6 Å². The summed E-state index contributed by atoms with van der Waals surface area (Å²) < 4.78 is 9.90. The van der Waals surface area contributed by atoms with E-state index in [9.17, 15) is 5.11 Å². The summed E-state index contributed by atoms with van der Waals surface area (Å²) in [6, 6.07) is 5.13. The van der Waals surface area contributed by atoms with Crippen molar-refractivity contribution in [1.82, 2.24) is 5.16 Å². The molecule has 1 aromatic heterocycles. The largest absolute Gasteiger partial charge is 0.503 e. The molecule has 0 aliphatic carbocycles. The van der Waals surface area contributed by atoms with Gasteiger partial charge in [0.1, 0.15) is 5.75 Å². The molecule has 1 heterocycles.